The van der Waals surface area contributed by atoms with Gasteiger partial charge in [0.1, 0.15) is 10.7 Å². The van der Waals surface area contributed by atoms with Crippen molar-refractivity contribution in [2.24, 2.45) is 0 Å². The predicted octanol–water partition coefficient (Wildman–Crippen LogP) is 2.22. The normalized spacial score (nSPS) is 13.3. The fourth-order valence-electron chi connectivity index (χ4n) is 1.96. The van der Waals surface area contributed by atoms with Crippen molar-refractivity contribution >= 4 is 15.7 Å². The molecule has 1 heterocycles. The summed E-state index contributed by atoms with van der Waals surface area (Å²) in [6.45, 7) is 7.14. The number of oxazole rings is 1. The van der Waals surface area contributed by atoms with Crippen LogP contribution >= 0.6 is 0 Å². The lowest BCUT2D eigenvalue weighted by atomic mass is 10.1. The van der Waals surface area contributed by atoms with Crippen LogP contribution in [0.2, 0.25) is 0 Å². The molecular formula is C14H19N3O3S. The minimum Gasteiger partial charge on any atom is -0.444 e. The van der Waals surface area contributed by atoms with Gasteiger partial charge in [-0.25, -0.2) is 13.4 Å². The number of nitrogens with two attached hydrogens (primary N) is 1. The number of aromatic nitrogens is 1. The standard InChI is InChI=1S/C14H19N3O3S/c1-8-5-12(15)13(6-9(8)2)21(18,19)17-11(4)14-16-7-10(3)20-14/h5-7,11,17H,15H2,1-4H3. The number of sulfonamides is 1. The highest BCUT2D eigenvalue weighted by Crippen LogP contribution is 2.24. The zero-order valence-electron chi connectivity index (χ0n) is 12.5. The van der Waals surface area contributed by atoms with Gasteiger partial charge in [-0.05, 0) is 51.0 Å². The van der Waals surface area contributed by atoms with Crippen molar-refractivity contribution in [2.45, 2.75) is 38.6 Å². The van der Waals surface area contributed by atoms with E-state index >= 15 is 0 Å². The van der Waals surface area contributed by atoms with Crippen molar-refractivity contribution in [3.8, 4) is 0 Å². The first-order valence-electron chi connectivity index (χ1n) is 6.52. The van der Waals surface area contributed by atoms with Gasteiger partial charge in [0.25, 0.3) is 0 Å². The second-order valence-corrected chi connectivity index (χ2v) is 6.81. The molecule has 21 heavy (non-hydrogen) atoms. The summed E-state index contributed by atoms with van der Waals surface area (Å²) in [4.78, 5) is 4.09. The van der Waals surface area contributed by atoms with Gasteiger partial charge in [-0.15, -0.1) is 0 Å². The molecule has 0 bridgehead atoms. The van der Waals surface area contributed by atoms with E-state index in [2.05, 4.69) is 9.71 Å². The van der Waals surface area contributed by atoms with Crippen LogP contribution in [0.4, 0.5) is 5.69 Å². The minimum atomic E-state index is -3.74. The van der Waals surface area contributed by atoms with E-state index in [0.717, 1.165) is 11.1 Å². The molecule has 0 radical (unpaired) electrons. The molecule has 2 rings (SSSR count). The first-order valence-corrected chi connectivity index (χ1v) is 8.00. The van der Waals surface area contributed by atoms with Crippen molar-refractivity contribution in [3.05, 3.63) is 41.1 Å². The van der Waals surface area contributed by atoms with E-state index < -0.39 is 16.1 Å². The third-order valence-corrected chi connectivity index (χ3v) is 4.85. The Balaban J connectivity index is 2.32. The van der Waals surface area contributed by atoms with Crippen molar-refractivity contribution in [3.63, 3.8) is 0 Å². The van der Waals surface area contributed by atoms with Gasteiger partial charge >= 0.3 is 0 Å². The molecule has 0 aliphatic carbocycles. The monoisotopic (exact) mass is 309 g/mol. The van der Waals surface area contributed by atoms with E-state index in [1.165, 1.54) is 0 Å². The predicted molar refractivity (Wildman–Crippen MR) is 80.3 cm³/mol. The Kier molecular flexibility index (Phi) is 4.06. The van der Waals surface area contributed by atoms with Crippen LogP contribution in [0.1, 0.15) is 35.7 Å². The molecule has 2 aromatic rings. The Morgan fingerprint density at radius 3 is 2.43 bits per heavy atom. The number of nitrogens with one attached hydrogen (secondary N) is 1. The molecule has 0 aliphatic heterocycles. The summed E-state index contributed by atoms with van der Waals surface area (Å²) in [6, 6.07) is 2.65. The van der Waals surface area contributed by atoms with Crippen LogP contribution in [-0.4, -0.2) is 13.4 Å². The zero-order valence-corrected chi connectivity index (χ0v) is 13.3. The Bertz CT molecular complexity index is 766. The largest absolute Gasteiger partial charge is 0.444 e. The second-order valence-electron chi connectivity index (χ2n) is 5.13. The average Bonchev–Trinajstić information content (AvgIpc) is 2.80. The van der Waals surface area contributed by atoms with Crippen molar-refractivity contribution in [1.82, 2.24) is 9.71 Å². The summed E-state index contributed by atoms with van der Waals surface area (Å²) in [5, 5.41) is 0. The fourth-order valence-corrected chi connectivity index (χ4v) is 3.36. The Morgan fingerprint density at radius 2 is 1.86 bits per heavy atom. The van der Waals surface area contributed by atoms with Crippen LogP contribution < -0.4 is 10.5 Å². The van der Waals surface area contributed by atoms with Gasteiger partial charge in [0, 0.05) is 0 Å². The van der Waals surface area contributed by atoms with E-state index in [9.17, 15) is 8.42 Å². The highest BCUT2D eigenvalue weighted by molar-refractivity contribution is 7.89. The Labute approximate surface area is 124 Å². The summed E-state index contributed by atoms with van der Waals surface area (Å²) < 4.78 is 32.7. The molecule has 0 saturated carbocycles. The SMILES string of the molecule is Cc1cnc(C(C)NS(=O)(=O)c2cc(C)c(C)cc2N)o1. The number of nitrogens with zero attached hydrogens (tertiary/aromatic N) is 1. The molecule has 0 aliphatic rings. The van der Waals surface area contributed by atoms with E-state index in [0.29, 0.717) is 11.7 Å². The lowest BCUT2D eigenvalue weighted by Crippen LogP contribution is -2.28. The summed E-state index contributed by atoms with van der Waals surface area (Å²) in [7, 11) is -3.74. The molecule has 1 aromatic carbocycles. The fraction of sp³-hybridized carbons (Fsp3) is 0.357. The van der Waals surface area contributed by atoms with Crippen LogP contribution in [0.15, 0.2) is 27.6 Å². The lowest BCUT2D eigenvalue weighted by molar-refractivity contribution is 0.428. The maximum absolute atomic E-state index is 12.4. The van der Waals surface area contributed by atoms with Gasteiger partial charge in [-0.2, -0.15) is 4.72 Å². The molecule has 114 valence electrons. The van der Waals surface area contributed by atoms with Gasteiger partial charge in [-0.3, -0.25) is 0 Å². The third-order valence-electron chi connectivity index (χ3n) is 3.26. The first-order chi connectivity index (χ1) is 9.70. The molecule has 6 nitrogen and oxygen atoms in total. The number of benzene rings is 1. The number of anilines is 1. The third kappa shape index (κ3) is 3.25. The molecule has 0 fully saturated rings. The molecule has 1 aromatic heterocycles. The van der Waals surface area contributed by atoms with Crippen LogP contribution in [-0.2, 0) is 10.0 Å². The highest BCUT2D eigenvalue weighted by Gasteiger charge is 2.23. The molecule has 0 saturated heterocycles. The van der Waals surface area contributed by atoms with Crippen LogP contribution in [0.5, 0.6) is 0 Å². The van der Waals surface area contributed by atoms with E-state index in [4.69, 9.17) is 10.2 Å². The highest BCUT2D eigenvalue weighted by atomic mass is 32.2. The summed E-state index contributed by atoms with van der Waals surface area (Å²) in [6.07, 6.45) is 1.55. The summed E-state index contributed by atoms with van der Waals surface area (Å²) >= 11 is 0. The maximum atomic E-state index is 12.4. The van der Waals surface area contributed by atoms with Crippen LogP contribution in [0.3, 0.4) is 0 Å². The number of hydrogen-bond acceptors (Lipinski definition) is 5. The molecule has 1 unspecified atom stereocenters. The van der Waals surface area contributed by atoms with Crippen molar-refractivity contribution in [2.75, 3.05) is 5.73 Å². The lowest BCUT2D eigenvalue weighted by Gasteiger charge is -2.14. The van der Waals surface area contributed by atoms with E-state index in [1.807, 2.05) is 13.8 Å². The number of aryl methyl sites for hydroxylation is 3. The van der Waals surface area contributed by atoms with Gasteiger partial charge in [0.2, 0.25) is 15.9 Å². The van der Waals surface area contributed by atoms with E-state index in [-0.39, 0.29) is 10.6 Å². The van der Waals surface area contributed by atoms with Crippen molar-refractivity contribution < 1.29 is 12.8 Å². The molecule has 1 atom stereocenters. The molecule has 0 amide bonds. The Morgan fingerprint density at radius 1 is 1.24 bits per heavy atom. The topological polar surface area (TPSA) is 98.2 Å². The number of rotatable bonds is 4. The zero-order chi connectivity index (χ0) is 15.8. The average molecular weight is 309 g/mol. The van der Waals surface area contributed by atoms with Crippen LogP contribution in [0.25, 0.3) is 0 Å². The quantitative estimate of drug-likeness (QED) is 0.844. The smallest absolute Gasteiger partial charge is 0.243 e. The molecule has 3 N–H and O–H groups in total. The van der Waals surface area contributed by atoms with Crippen molar-refractivity contribution in [1.29, 1.82) is 0 Å². The Hall–Kier alpha value is -1.86. The van der Waals surface area contributed by atoms with Gasteiger partial charge in [-0.1, -0.05) is 0 Å². The molecular weight excluding hydrogens is 290 g/mol. The van der Waals surface area contributed by atoms with Gasteiger partial charge in [0.05, 0.1) is 17.9 Å². The second kappa shape index (κ2) is 5.50. The summed E-state index contributed by atoms with van der Waals surface area (Å²) in [5.41, 5.74) is 7.87. The van der Waals surface area contributed by atoms with Gasteiger partial charge < -0.3 is 10.2 Å². The number of hydrogen-bond donors (Lipinski definition) is 2. The molecule has 0 spiro atoms. The molecule has 7 heteroatoms. The van der Waals surface area contributed by atoms with Gasteiger partial charge in [0.15, 0.2) is 0 Å². The minimum absolute atomic E-state index is 0.0701. The summed E-state index contributed by atoms with van der Waals surface area (Å²) in [5.74, 6) is 0.945. The first kappa shape index (κ1) is 15.5. The maximum Gasteiger partial charge on any atom is 0.243 e. The van der Waals surface area contributed by atoms with Crippen LogP contribution in [0, 0.1) is 20.8 Å². The number of nitrogen functional groups attached to an aromatic ring is 1. The van der Waals surface area contributed by atoms with E-state index in [1.54, 1.807) is 32.2 Å².